The van der Waals surface area contributed by atoms with Crippen molar-refractivity contribution in [2.75, 3.05) is 13.6 Å². The minimum Gasteiger partial charge on any atom is -0.148 e. The summed E-state index contributed by atoms with van der Waals surface area (Å²) in [4.78, 5) is 0. The van der Waals surface area contributed by atoms with Crippen LogP contribution >= 0.6 is 0 Å². The highest BCUT2D eigenvalue weighted by Crippen LogP contribution is 2.55. The average molecular weight is 247 g/mol. The van der Waals surface area contributed by atoms with Crippen LogP contribution in [0, 0.1) is 10.8 Å². The predicted octanol–water partition coefficient (Wildman–Crippen LogP) is 4.22. The van der Waals surface area contributed by atoms with Crippen molar-refractivity contribution in [2.24, 2.45) is 10.8 Å². The maximum atomic E-state index is 13.5. The molecule has 2 aliphatic carbocycles. The molecule has 1 atom stereocenters. The topological polar surface area (TPSA) is 3.24 Å². The van der Waals surface area contributed by atoms with Crippen molar-refractivity contribution in [3.05, 3.63) is 47.1 Å². The highest BCUT2D eigenvalue weighted by molar-refractivity contribution is 5.59. The number of rotatable bonds is 2. The molecule has 18 heavy (non-hydrogen) atoms. The minimum absolute atomic E-state index is 0.0654. The van der Waals surface area contributed by atoms with Gasteiger partial charge in [-0.3, -0.25) is 0 Å². The summed E-state index contributed by atoms with van der Waals surface area (Å²) >= 11 is 0. The van der Waals surface area contributed by atoms with Gasteiger partial charge in [-0.15, -0.1) is 9.60 Å². The third-order valence-electron chi connectivity index (χ3n) is 3.69. The lowest BCUT2D eigenvalue weighted by atomic mass is 9.57. The number of fused-ring (bicyclic) bond motifs is 1. The monoisotopic (exact) mass is 247 g/mol. The highest BCUT2D eigenvalue weighted by Gasteiger charge is 2.47. The quantitative estimate of drug-likeness (QED) is 0.660. The zero-order chi connectivity index (χ0) is 13.6. The van der Waals surface area contributed by atoms with Crippen molar-refractivity contribution in [3.63, 3.8) is 0 Å². The van der Waals surface area contributed by atoms with Gasteiger partial charge in [0, 0.05) is 13.6 Å². The fourth-order valence-electron chi connectivity index (χ4n) is 2.96. The second kappa shape index (κ2) is 4.20. The summed E-state index contributed by atoms with van der Waals surface area (Å²) in [6, 6.07) is 0. The molecule has 1 nitrogen and oxygen atoms in total. The van der Waals surface area contributed by atoms with Gasteiger partial charge in [-0.05, 0) is 23.5 Å². The van der Waals surface area contributed by atoms with Crippen LogP contribution in [0.15, 0.2) is 47.1 Å². The molecule has 98 valence electrons. The van der Waals surface area contributed by atoms with Gasteiger partial charge in [0.05, 0.1) is 5.41 Å². The van der Waals surface area contributed by atoms with Crippen LogP contribution in [0.3, 0.4) is 0 Å². The number of nitrogens with zero attached hydrogens (tertiary/aromatic N) is 1. The molecule has 0 saturated carbocycles. The Kier molecular flexibility index (Phi) is 3.10. The third kappa shape index (κ3) is 2.10. The largest absolute Gasteiger partial charge is 0.148 e. The van der Waals surface area contributed by atoms with Crippen molar-refractivity contribution < 1.29 is 4.48 Å². The van der Waals surface area contributed by atoms with E-state index in [1.807, 2.05) is 0 Å². The Morgan fingerprint density at radius 1 is 1.28 bits per heavy atom. The Hall–Kier alpha value is -1.15. The lowest BCUT2D eigenvalue weighted by molar-refractivity contribution is 0.0329. The zero-order valence-corrected chi connectivity index (χ0v) is 11.9. The van der Waals surface area contributed by atoms with E-state index in [4.69, 9.17) is 0 Å². The van der Waals surface area contributed by atoms with E-state index in [-0.39, 0.29) is 10.8 Å². The summed E-state index contributed by atoms with van der Waals surface area (Å²) in [6.07, 6.45) is 10.7. The fourth-order valence-corrected chi connectivity index (χ4v) is 2.96. The van der Waals surface area contributed by atoms with Crippen LogP contribution in [0.5, 0.6) is 0 Å². The summed E-state index contributed by atoms with van der Waals surface area (Å²) in [5.41, 5.74) is 3.56. The summed E-state index contributed by atoms with van der Waals surface area (Å²) in [5.74, 6) is 0. The number of hydrogen-bond acceptors (Lipinski definition) is 1. The molecule has 2 rings (SSSR count). The molecule has 0 radical (unpaired) electrons. The van der Waals surface area contributed by atoms with Crippen LogP contribution < -0.4 is 0 Å². The van der Waals surface area contributed by atoms with Gasteiger partial charge >= 0.3 is 0 Å². The molecule has 0 fully saturated rings. The normalized spacial score (nSPS) is 26.9. The molecule has 2 heteroatoms. The predicted molar refractivity (Wildman–Crippen MR) is 74.7 cm³/mol. The van der Waals surface area contributed by atoms with E-state index in [0.29, 0.717) is 6.54 Å². The van der Waals surface area contributed by atoms with E-state index < -0.39 is 0 Å². The lowest BCUT2D eigenvalue weighted by Gasteiger charge is -2.48. The number of halogens is 1. The minimum atomic E-state index is -0.254. The molecule has 0 amide bonds. The van der Waals surface area contributed by atoms with Crippen molar-refractivity contribution in [1.29, 1.82) is 0 Å². The van der Waals surface area contributed by atoms with E-state index in [1.165, 1.54) is 23.8 Å². The third-order valence-corrected chi connectivity index (χ3v) is 3.69. The van der Waals surface area contributed by atoms with Crippen LogP contribution in [0.2, 0.25) is 0 Å². The molecule has 0 heterocycles. The Balaban J connectivity index is 2.49. The second-order valence-corrected chi connectivity index (χ2v) is 6.41. The van der Waals surface area contributed by atoms with Crippen molar-refractivity contribution in [2.45, 2.75) is 27.7 Å². The summed E-state index contributed by atoms with van der Waals surface area (Å²) in [5, 5.41) is 0.789. The van der Waals surface area contributed by atoms with Crippen LogP contribution in [-0.2, 0) is 0 Å². The van der Waals surface area contributed by atoms with Crippen LogP contribution in [0.25, 0.3) is 0 Å². The van der Waals surface area contributed by atoms with Gasteiger partial charge in [0.15, 0.2) is 0 Å². The molecule has 0 aromatic rings. The Morgan fingerprint density at radius 2 is 1.94 bits per heavy atom. The Bertz CT molecular complexity index is 472. The molecule has 0 N–H and O–H groups in total. The van der Waals surface area contributed by atoms with Crippen LogP contribution in [-0.4, -0.2) is 18.7 Å². The molecule has 0 saturated heterocycles. The molecule has 1 unspecified atom stereocenters. The number of hydrogen-bond donors (Lipinski definition) is 0. The SMILES string of the molecule is CC1=CC=CC2(CN(C)F)C(=C1)C=C2C(C)(C)C. The van der Waals surface area contributed by atoms with Gasteiger partial charge in [-0.25, -0.2) is 0 Å². The second-order valence-electron chi connectivity index (χ2n) is 6.41. The highest BCUT2D eigenvalue weighted by atomic mass is 19.2. The van der Waals surface area contributed by atoms with E-state index in [2.05, 4.69) is 58.1 Å². The molecule has 2 aliphatic rings. The first kappa shape index (κ1) is 13.3. The molecule has 0 aromatic heterocycles. The Morgan fingerprint density at radius 3 is 2.50 bits per heavy atom. The van der Waals surface area contributed by atoms with E-state index in [9.17, 15) is 4.48 Å². The van der Waals surface area contributed by atoms with Gasteiger partial charge in [0.2, 0.25) is 0 Å². The summed E-state index contributed by atoms with van der Waals surface area (Å²) < 4.78 is 13.5. The van der Waals surface area contributed by atoms with Gasteiger partial charge in [-0.1, -0.05) is 56.7 Å². The van der Waals surface area contributed by atoms with Gasteiger partial charge in [0.25, 0.3) is 0 Å². The first-order valence-electron chi connectivity index (χ1n) is 6.43. The first-order valence-corrected chi connectivity index (χ1v) is 6.43. The summed E-state index contributed by atoms with van der Waals surface area (Å²) in [7, 11) is 1.49. The number of allylic oxidation sites excluding steroid dienone is 5. The van der Waals surface area contributed by atoms with E-state index >= 15 is 0 Å². The van der Waals surface area contributed by atoms with Crippen LogP contribution in [0.1, 0.15) is 27.7 Å². The summed E-state index contributed by atoms with van der Waals surface area (Å²) in [6.45, 7) is 9.03. The molecule has 0 bridgehead atoms. The standard InChI is InChI=1S/C16H22FN/c1-12-7-6-8-16(11-18(5)17)13(9-12)10-14(16)15(2,3)4/h6-10H,11H2,1-5H3. The molecule has 0 spiro atoms. The van der Waals surface area contributed by atoms with Crippen LogP contribution in [0.4, 0.5) is 4.48 Å². The first-order chi connectivity index (χ1) is 8.25. The van der Waals surface area contributed by atoms with Gasteiger partial charge < -0.3 is 0 Å². The maximum Gasteiger partial charge on any atom is 0.0506 e. The van der Waals surface area contributed by atoms with Gasteiger partial charge in [0.1, 0.15) is 0 Å². The lowest BCUT2D eigenvalue weighted by Crippen LogP contribution is -2.43. The van der Waals surface area contributed by atoms with Crippen molar-refractivity contribution in [1.82, 2.24) is 5.12 Å². The van der Waals surface area contributed by atoms with E-state index in [1.54, 1.807) is 0 Å². The van der Waals surface area contributed by atoms with Crippen molar-refractivity contribution in [3.8, 4) is 0 Å². The Labute approximate surface area is 109 Å². The zero-order valence-electron chi connectivity index (χ0n) is 11.9. The van der Waals surface area contributed by atoms with Gasteiger partial charge in [-0.2, -0.15) is 0 Å². The molecular weight excluding hydrogens is 225 g/mol. The maximum absolute atomic E-state index is 13.5. The molecule has 0 aromatic carbocycles. The van der Waals surface area contributed by atoms with Crippen molar-refractivity contribution >= 4 is 0 Å². The van der Waals surface area contributed by atoms with E-state index in [0.717, 1.165) is 5.12 Å². The average Bonchev–Trinajstić information content (AvgIpc) is 2.28. The molecular formula is C16H22FN. The fraction of sp³-hybridized carbons (Fsp3) is 0.500. The smallest absolute Gasteiger partial charge is 0.0506 e. The molecule has 0 aliphatic heterocycles.